The molecule has 3 amide bonds. The van der Waals surface area contributed by atoms with Crippen LogP contribution in [0.25, 0.3) is 10.9 Å². The minimum atomic E-state index is -0.625. The van der Waals surface area contributed by atoms with Crippen molar-refractivity contribution in [2.75, 3.05) is 38.1 Å². The second-order valence-electron chi connectivity index (χ2n) is 12.7. The first-order valence-corrected chi connectivity index (χ1v) is 16.0. The number of aromatic nitrogens is 1. The molecule has 4 rings (SSSR count). The molecule has 0 spiro atoms. The first-order valence-electron chi connectivity index (χ1n) is 16.0. The van der Waals surface area contributed by atoms with Crippen LogP contribution in [0.4, 0.5) is 15.3 Å². The molecule has 244 valence electrons. The Balaban J connectivity index is 1.65. The number of fused-ring (bicyclic) bond motifs is 1. The Morgan fingerprint density at radius 3 is 2.36 bits per heavy atom. The predicted octanol–water partition coefficient (Wildman–Crippen LogP) is 6.43. The average molecular weight is 620 g/mol. The van der Waals surface area contributed by atoms with E-state index in [1.807, 2.05) is 33.8 Å². The van der Waals surface area contributed by atoms with Crippen molar-refractivity contribution < 1.29 is 19.1 Å². The predicted molar refractivity (Wildman–Crippen MR) is 179 cm³/mol. The average Bonchev–Trinajstić information content (AvgIpc) is 3.47. The fourth-order valence-corrected chi connectivity index (χ4v) is 5.85. The van der Waals surface area contributed by atoms with Crippen molar-refractivity contribution in [3.05, 3.63) is 69.0 Å². The number of aromatic amines is 1. The number of H-pyrrole nitrogens is 1. The Morgan fingerprint density at radius 2 is 1.73 bits per heavy atom. The number of pyridine rings is 1. The van der Waals surface area contributed by atoms with E-state index in [9.17, 15) is 14.4 Å². The van der Waals surface area contributed by atoms with Gasteiger partial charge in [0, 0.05) is 30.9 Å². The molecule has 1 atom stereocenters. The fraction of sp³-hybridized carbons (Fsp3) is 0.514. The van der Waals surface area contributed by atoms with Crippen molar-refractivity contribution in [1.29, 1.82) is 0 Å². The number of nitrogens with one attached hydrogen (secondary N) is 2. The van der Waals surface area contributed by atoms with E-state index in [4.69, 9.17) is 9.47 Å². The first kappa shape index (κ1) is 33.8. The number of benzene rings is 2. The molecule has 1 fully saturated rings. The lowest BCUT2D eigenvalue weighted by Crippen LogP contribution is -2.45. The van der Waals surface area contributed by atoms with Crippen molar-refractivity contribution in [2.24, 2.45) is 0 Å². The molecule has 2 aromatic carbocycles. The van der Waals surface area contributed by atoms with Crippen LogP contribution < -0.4 is 15.6 Å². The maximum absolute atomic E-state index is 13.8. The molecule has 1 unspecified atom stereocenters. The number of aryl methyl sites for hydroxylation is 2. The zero-order valence-electron chi connectivity index (χ0n) is 28.1. The van der Waals surface area contributed by atoms with Gasteiger partial charge in [0.1, 0.15) is 11.4 Å². The van der Waals surface area contributed by atoms with Crippen LogP contribution in [0.1, 0.15) is 70.2 Å². The van der Waals surface area contributed by atoms with Crippen LogP contribution >= 0.6 is 0 Å². The van der Waals surface area contributed by atoms with Gasteiger partial charge in [-0.25, -0.2) is 9.59 Å². The van der Waals surface area contributed by atoms with E-state index < -0.39 is 11.7 Å². The Morgan fingerprint density at radius 1 is 1.04 bits per heavy atom. The maximum Gasteiger partial charge on any atom is 0.410 e. The molecule has 10 nitrogen and oxygen atoms in total. The van der Waals surface area contributed by atoms with Gasteiger partial charge >= 0.3 is 12.1 Å². The van der Waals surface area contributed by atoms with Crippen molar-refractivity contribution in [2.45, 2.75) is 86.5 Å². The summed E-state index contributed by atoms with van der Waals surface area (Å²) in [6.07, 6.45) is 0.154. The highest BCUT2D eigenvalue weighted by Gasteiger charge is 2.35. The highest BCUT2D eigenvalue weighted by molar-refractivity contribution is 5.90. The molecule has 3 aromatic rings. The lowest BCUT2D eigenvalue weighted by Gasteiger charge is -2.30. The van der Waals surface area contributed by atoms with E-state index in [2.05, 4.69) is 49.0 Å². The van der Waals surface area contributed by atoms with Crippen LogP contribution in [-0.2, 0) is 17.8 Å². The van der Waals surface area contributed by atoms with Gasteiger partial charge in [-0.3, -0.25) is 9.69 Å². The normalized spacial score (nSPS) is 15.0. The number of nitrogens with zero attached hydrogens (tertiary/aromatic N) is 3. The SMILES string of the molecule is CCOc1ccc(NC(=O)N(Cc2cc3cc(C)c(CN(CC)CC)c(C)c3[nH]c2=O)C2CCN(C(=O)OC(C)(C)C)C2)cc1. The highest BCUT2D eigenvalue weighted by Crippen LogP contribution is 2.27. The van der Waals surface area contributed by atoms with Gasteiger partial charge in [0.15, 0.2) is 0 Å². The zero-order valence-corrected chi connectivity index (χ0v) is 28.1. The van der Waals surface area contributed by atoms with Crippen LogP contribution in [0.2, 0.25) is 0 Å². The summed E-state index contributed by atoms with van der Waals surface area (Å²) in [7, 11) is 0. The Labute approximate surface area is 266 Å². The van der Waals surface area contributed by atoms with E-state index in [1.165, 1.54) is 11.1 Å². The number of ether oxygens (including phenoxy) is 2. The van der Waals surface area contributed by atoms with E-state index in [0.29, 0.717) is 43.1 Å². The number of likely N-dealkylation sites (tertiary alicyclic amines) is 1. The number of hydrogen-bond donors (Lipinski definition) is 2. The summed E-state index contributed by atoms with van der Waals surface area (Å²) >= 11 is 0. The van der Waals surface area contributed by atoms with Crippen LogP contribution in [-0.4, -0.2) is 76.2 Å². The van der Waals surface area contributed by atoms with E-state index >= 15 is 0 Å². The second-order valence-corrected chi connectivity index (χ2v) is 12.7. The van der Waals surface area contributed by atoms with Gasteiger partial charge in [0.25, 0.3) is 5.56 Å². The van der Waals surface area contributed by atoms with Crippen LogP contribution in [0, 0.1) is 13.8 Å². The van der Waals surface area contributed by atoms with E-state index in [-0.39, 0.29) is 24.2 Å². The summed E-state index contributed by atoms with van der Waals surface area (Å²) in [6.45, 7) is 20.0. The van der Waals surface area contributed by atoms with E-state index in [0.717, 1.165) is 36.1 Å². The molecule has 1 aliphatic rings. The molecular formula is C35H49N5O5. The Kier molecular flexibility index (Phi) is 10.8. The summed E-state index contributed by atoms with van der Waals surface area (Å²) in [5, 5.41) is 3.91. The standard InChI is InChI=1S/C35H49N5O5/c1-9-38(10-2)22-30-23(4)18-25-19-26(32(41)37-31(25)24(30)5)20-40(28-16-17-39(21-28)34(43)45-35(6,7)8)33(42)36-27-12-14-29(15-13-27)44-11-3/h12-15,18-19,28H,9-11,16-17,20-22H2,1-8H3,(H,36,42)(H,37,41). The number of hydrogen-bond acceptors (Lipinski definition) is 6. The minimum Gasteiger partial charge on any atom is -0.494 e. The molecule has 10 heteroatoms. The van der Waals surface area contributed by atoms with Crippen molar-refractivity contribution in [3.8, 4) is 5.75 Å². The van der Waals surface area contributed by atoms with Gasteiger partial charge < -0.3 is 29.6 Å². The fourth-order valence-electron chi connectivity index (χ4n) is 5.85. The quantitative estimate of drug-likeness (QED) is 0.271. The molecule has 1 saturated heterocycles. The van der Waals surface area contributed by atoms with Crippen LogP contribution in [0.3, 0.4) is 0 Å². The molecule has 0 radical (unpaired) electrons. The van der Waals surface area contributed by atoms with Crippen molar-refractivity contribution >= 4 is 28.7 Å². The zero-order chi connectivity index (χ0) is 32.9. The number of carbonyl (C=O) groups excluding carboxylic acids is 2. The lowest BCUT2D eigenvalue weighted by atomic mass is 9.97. The molecule has 2 heterocycles. The summed E-state index contributed by atoms with van der Waals surface area (Å²) in [5.74, 6) is 0.713. The number of urea groups is 1. The Bertz CT molecular complexity index is 1560. The summed E-state index contributed by atoms with van der Waals surface area (Å²) in [5.41, 5.74) is 4.50. The highest BCUT2D eigenvalue weighted by atomic mass is 16.6. The number of rotatable bonds is 10. The summed E-state index contributed by atoms with van der Waals surface area (Å²) in [6, 6.07) is 10.5. The summed E-state index contributed by atoms with van der Waals surface area (Å²) in [4.78, 5) is 49.0. The van der Waals surface area contributed by atoms with Gasteiger partial charge in [-0.15, -0.1) is 0 Å². The van der Waals surface area contributed by atoms with Crippen LogP contribution in [0.5, 0.6) is 5.75 Å². The largest absolute Gasteiger partial charge is 0.494 e. The van der Waals surface area contributed by atoms with Gasteiger partial charge in [-0.05, 0) is 120 Å². The number of anilines is 1. The molecule has 0 bridgehead atoms. The molecule has 0 saturated carbocycles. The molecule has 2 N–H and O–H groups in total. The third-order valence-electron chi connectivity index (χ3n) is 8.37. The van der Waals surface area contributed by atoms with Gasteiger partial charge in [0.2, 0.25) is 0 Å². The molecule has 45 heavy (non-hydrogen) atoms. The molecular weight excluding hydrogens is 570 g/mol. The van der Waals surface area contributed by atoms with Crippen LogP contribution in [0.15, 0.2) is 41.2 Å². The van der Waals surface area contributed by atoms with Gasteiger partial charge in [-0.2, -0.15) is 0 Å². The van der Waals surface area contributed by atoms with Gasteiger partial charge in [0.05, 0.1) is 24.7 Å². The van der Waals surface area contributed by atoms with Crippen molar-refractivity contribution in [1.82, 2.24) is 19.7 Å². The topological polar surface area (TPSA) is 107 Å². The first-order chi connectivity index (χ1) is 21.3. The third kappa shape index (κ3) is 8.36. The second kappa shape index (κ2) is 14.4. The smallest absolute Gasteiger partial charge is 0.410 e. The summed E-state index contributed by atoms with van der Waals surface area (Å²) < 4.78 is 11.1. The monoisotopic (exact) mass is 619 g/mol. The van der Waals surface area contributed by atoms with Crippen molar-refractivity contribution in [3.63, 3.8) is 0 Å². The molecule has 0 aliphatic carbocycles. The number of carbonyl (C=O) groups is 2. The molecule has 1 aliphatic heterocycles. The lowest BCUT2D eigenvalue weighted by molar-refractivity contribution is 0.0283. The third-order valence-corrected chi connectivity index (χ3v) is 8.37. The maximum atomic E-state index is 13.8. The Hall–Kier alpha value is -4.05. The minimum absolute atomic E-state index is 0.0836. The van der Waals surface area contributed by atoms with E-state index in [1.54, 1.807) is 34.1 Å². The number of amides is 3. The molecule has 1 aromatic heterocycles. The van der Waals surface area contributed by atoms with Gasteiger partial charge in [-0.1, -0.05) is 13.8 Å².